The molecule has 3 N–H and O–H groups in total. The summed E-state index contributed by atoms with van der Waals surface area (Å²) in [6, 6.07) is 9.86. The molecule has 40 heavy (non-hydrogen) atoms. The number of aromatic nitrogens is 5. The van der Waals surface area contributed by atoms with Crippen molar-refractivity contribution in [2.24, 2.45) is 7.05 Å². The molecule has 6 rings (SSSR count). The van der Waals surface area contributed by atoms with E-state index in [4.69, 9.17) is 14.7 Å². The molecule has 0 spiro atoms. The summed E-state index contributed by atoms with van der Waals surface area (Å²) in [5, 5.41) is 8.21. The van der Waals surface area contributed by atoms with Crippen LogP contribution in [0.3, 0.4) is 0 Å². The first kappa shape index (κ1) is 25.4. The minimum absolute atomic E-state index is 0.290. The Hall–Kier alpha value is -4.90. The number of aryl methyl sites for hydroxylation is 1. The lowest BCUT2D eigenvalue weighted by molar-refractivity contribution is -0.111. The second kappa shape index (κ2) is 10.3. The highest BCUT2D eigenvalue weighted by Gasteiger charge is 2.22. The molecule has 4 aromatic heterocycles. The summed E-state index contributed by atoms with van der Waals surface area (Å²) < 4.78 is 7.77. The molecule has 0 radical (unpaired) electrons. The summed E-state index contributed by atoms with van der Waals surface area (Å²) in [6.07, 6.45) is 6.92. The average Bonchev–Trinajstić information content (AvgIpc) is 3.59. The van der Waals surface area contributed by atoms with Crippen LogP contribution in [0.15, 0.2) is 61.6 Å². The van der Waals surface area contributed by atoms with E-state index in [9.17, 15) is 4.79 Å². The number of carbonyl (C=O) groups excluding carboxylic acids is 1. The molecule has 0 unspecified atom stereocenters. The third-order valence-corrected chi connectivity index (χ3v) is 7.25. The van der Waals surface area contributed by atoms with Gasteiger partial charge in [-0.05, 0) is 37.4 Å². The number of nitrogens with zero attached hydrogens (tertiary/aromatic N) is 6. The van der Waals surface area contributed by atoms with Gasteiger partial charge in [0.2, 0.25) is 11.9 Å². The number of piperazine rings is 1. The molecule has 0 aliphatic carbocycles. The van der Waals surface area contributed by atoms with Crippen LogP contribution in [0.4, 0.5) is 23.0 Å². The van der Waals surface area contributed by atoms with Crippen LogP contribution in [0.2, 0.25) is 0 Å². The number of nitrogens with one attached hydrogen (secondary N) is 3. The smallest absolute Gasteiger partial charge is 0.247 e. The number of pyridine rings is 1. The minimum Gasteiger partial charge on any atom is -0.494 e. The molecular formula is C29H31N9O2. The predicted octanol–water partition coefficient (Wildman–Crippen LogP) is 4.14. The molecule has 1 saturated heterocycles. The molecule has 1 aromatic carbocycles. The summed E-state index contributed by atoms with van der Waals surface area (Å²) in [6.45, 7) is 7.13. The zero-order valence-corrected chi connectivity index (χ0v) is 22.7. The lowest BCUT2D eigenvalue weighted by atomic mass is 10.1. The molecule has 11 nitrogen and oxygen atoms in total. The van der Waals surface area contributed by atoms with E-state index in [1.165, 1.54) is 6.08 Å². The molecule has 0 bridgehead atoms. The van der Waals surface area contributed by atoms with Crippen LogP contribution in [-0.2, 0) is 11.8 Å². The van der Waals surface area contributed by atoms with Gasteiger partial charge in [-0.3, -0.25) is 4.79 Å². The van der Waals surface area contributed by atoms with Gasteiger partial charge in [0, 0.05) is 74.2 Å². The molecule has 1 aliphatic rings. The van der Waals surface area contributed by atoms with Crippen molar-refractivity contribution in [3.63, 3.8) is 0 Å². The summed E-state index contributed by atoms with van der Waals surface area (Å²) in [5.41, 5.74) is 5.38. The molecule has 0 atom stereocenters. The maximum absolute atomic E-state index is 12.4. The third kappa shape index (κ3) is 4.71. The van der Waals surface area contributed by atoms with Crippen LogP contribution in [0, 0.1) is 0 Å². The second-order valence-electron chi connectivity index (χ2n) is 9.88. The normalized spacial score (nSPS) is 14.0. The molecule has 204 valence electrons. The molecule has 11 heteroatoms. The number of carbonyl (C=O) groups is 1. The number of aromatic amines is 1. The first-order valence-electron chi connectivity index (χ1n) is 13.1. The highest BCUT2D eigenvalue weighted by atomic mass is 16.5. The number of likely N-dealkylation sites (N-methyl/N-ethyl adjacent to an activating group) is 1. The van der Waals surface area contributed by atoms with Crippen LogP contribution in [0.5, 0.6) is 5.75 Å². The first-order chi connectivity index (χ1) is 19.4. The minimum atomic E-state index is -0.290. The third-order valence-electron chi connectivity index (χ3n) is 7.25. The number of methoxy groups -OCH3 is 1. The molecular weight excluding hydrogens is 506 g/mol. The maximum Gasteiger partial charge on any atom is 0.247 e. The number of hydrogen-bond acceptors (Lipinski definition) is 8. The van der Waals surface area contributed by atoms with Crippen molar-refractivity contribution in [3.05, 3.63) is 61.6 Å². The Morgan fingerprint density at radius 1 is 1.10 bits per heavy atom. The zero-order chi connectivity index (χ0) is 27.8. The number of fused-ring (bicyclic) bond motifs is 2. The van der Waals surface area contributed by atoms with Gasteiger partial charge in [-0.1, -0.05) is 6.58 Å². The van der Waals surface area contributed by atoms with Gasteiger partial charge in [0.1, 0.15) is 17.0 Å². The second-order valence-corrected chi connectivity index (χ2v) is 9.88. The van der Waals surface area contributed by atoms with Crippen LogP contribution < -0.4 is 20.3 Å². The van der Waals surface area contributed by atoms with Crippen molar-refractivity contribution in [2.75, 3.05) is 55.9 Å². The van der Waals surface area contributed by atoms with Crippen LogP contribution in [-0.4, -0.2) is 75.6 Å². The number of amides is 1. The lowest BCUT2D eigenvalue weighted by Crippen LogP contribution is -2.44. The summed E-state index contributed by atoms with van der Waals surface area (Å²) in [4.78, 5) is 34.3. The fourth-order valence-corrected chi connectivity index (χ4v) is 5.05. The molecule has 1 amide bonds. The van der Waals surface area contributed by atoms with E-state index in [1.807, 2.05) is 54.5 Å². The summed E-state index contributed by atoms with van der Waals surface area (Å²) in [7, 11) is 5.70. The molecule has 1 aliphatic heterocycles. The summed E-state index contributed by atoms with van der Waals surface area (Å²) in [5.74, 6) is 0.695. The Morgan fingerprint density at radius 2 is 1.93 bits per heavy atom. The Kier molecular flexibility index (Phi) is 6.56. The largest absolute Gasteiger partial charge is 0.494 e. The van der Waals surface area contributed by atoms with Gasteiger partial charge in [0.05, 0.1) is 29.9 Å². The van der Waals surface area contributed by atoms with Crippen molar-refractivity contribution >= 4 is 51.0 Å². The Balaban J connectivity index is 1.41. The van der Waals surface area contributed by atoms with Crippen LogP contribution in [0.1, 0.15) is 0 Å². The Morgan fingerprint density at radius 3 is 2.70 bits per heavy atom. The van der Waals surface area contributed by atoms with Crippen molar-refractivity contribution in [1.82, 2.24) is 29.4 Å². The predicted molar refractivity (Wildman–Crippen MR) is 158 cm³/mol. The van der Waals surface area contributed by atoms with E-state index in [2.05, 4.69) is 50.1 Å². The van der Waals surface area contributed by atoms with Gasteiger partial charge >= 0.3 is 0 Å². The van der Waals surface area contributed by atoms with E-state index >= 15 is 0 Å². The number of hydrogen-bond donors (Lipinski definition) is 3. The maximum atomic E-state index is 12.4. The van der Waals surface area contributed by atoms with E-state index < -0.39 is 0 Å². The van der Waals surface area contributed by atoms with Gasteiger partial charge in [0.15, 0.2) is 0 Å². The van der Waals surface area contributed by atoms with E-state index in [0.717, 1.165) is 59.5 Å². The lowest BCUT2D eigenvalue weighted by Gasteiger charge is -2.35. The topological polar surface area (TPSA) is 116 Å². The first-order valence-corrected chi connectivity index (χ1v) is 13.1. The van der Waals surface area contributed by atoms with Crippen molar-refractivity contribution in [2.45, 2.75) is 0 Å². The van der Waals surface area contributed by atoms with Gasteiger partial charge in [-0.2, -0.15) is 4.98 Å². The number of H-pyrrole nitrogens is 1. The SMILES string of the molecule is C=CC(=O)Nc1cc(Nc2nc(-c3cnc4c(ccn4C)c3)c3cc[nH]c3n2)c(OC)cc1N1CCN(C)CC1. The van der Waals surface area contributed by atoms with Gasteiger partial charge in [0.25, 0.3) is 0 Å². The highest BCUT2D eigenvalue weighted by Crippen LogP contribution is 2.39. The fourth-order valence-electron chi connectivity index (χ4n) is 5.05. The van der Waals surface area contributed by atoms with Gasteiger partial charge in [-0.25, -0.2) is 9.97 Å². The van der Waals surface area contributed by atoms with E-state index in [1.54, 1.807) is 7.11 Å². The van der Waals surface area contributed by atoms with Crippen molar-refractivity contribution in [3.8, 4) is 17.0 Å². The fraction of sp³-hybridized carbons (Fsp3) is 0.241. The van der Waals surface area contributed by atoms with Crippen LogP contribution >= 0.6 is 0 Å². The van der Waals surface area contributed by atoms with Crippen LogP contribution in [0.25, 0.3) is 33.3 Å². The van der Waals surface area contributed by atoms with E-state index in [-0.39, 0.29) is 5.91 Å². The molecule has 5 heterocycles. The molecule has 5 aromatic rings. The zero-order valence-electron chi connectivity index (χ0n) is 22.7. The monoisotopic (exact) mass is 537 g/mol. The van der Waals surface area contributed by atoms with Gasteiger partial charge in [-0.15, -0.1) is 0 Å². The number of benzene rings is 1. The number of rotatable bonds is 7. The standard InChI is InChI=1S/C29H31N9O2/c1-5-25(39)32-21-15-22(24(40-4)16-23(21)38-12-10-36(2)11-13-38)33-29-34-26(20-6-8-30-27(20)35-29)19-14-18-7-9-37(3)28(18)31-17-19/h5-9,14-17H,1,10-13H2,2-4H3,(H,32,39)(H2,30,33,34,35). The Labute approximate surface area is 231 Å². The van der Waals surface area contributed by atoms with Crippen molar-refractivity contribution < 1.29 is 9.53 Å². The number of ether oxygens (including phenoxy) is 1. The Bertz CT molecular complexity index is 1730. The highest BCUT2D eigenvalue weighted by molar-refractivity contribution is 6.02. The summed E-state index contributed by atoms with van der Waals surface area (Å²) >= 11 is 0. The van der Waals surface area contributed by atoms with E-state index in [0.29, 0.717) is 28.7 Å². The molecule has 1 fully saturated rings. The molecule has 0 saturated carbocycles. The van der Waals surface area contributed by atoms with Gasteiger partial charge < -0.3 is 34.7 Å². The average molecular weight is 538 g/mol. The van der Waals surface area contributed by atoms with Crippen molar-refractivity contribution in [1.29, 1.82) is 0 Å². The quantitative estimate of drug-likeness (QED) is 0.265. The number of anilines is 4.